The van der Waals surface area contributed by atoms with Gasteiger partial charge in [-0.1, -0.05) is 11.6 Å². The van der Waals surface area contributed by atoms with Gasteiger partial charge < -0.3 is 9.47 Å². The summed E-state index contributed by atoms with van der Waals surface area (Å²) in [5.74, 6) is 2.68. The average molecular weight is 303 g/mol. The summed E-state index contributed by atoms with van der Waals surface area (Å²) < 4.78 is 12.1. The Bertz CT molecular complexity index is 269. The first kappa shape index (κ1) is 15.7. The highest BCUT2D eigenvalue weighted by Gasteiger charge is 2.15. The van der Waals surface area contributed by atoms with Crippen LogP contribution in [0.1, 0.15) is 45.4 Å². The van der Waals surface area contributed by atoms with Crippen molar-refractivity contribution in [3.05, 3.63) is 11.6 Å². The van der Waals surface area contributed by atoms with E-state index in [1.54, 1.807) is 0 Å². The predicted octanol–water partition coefficient (Wildman–Crippen LogP) is 4.45. The van der Waals surface area contributed by atoms with E-state index >= 15 is 0 Å². The molecule has 0 aromatic carbocycles. The van der Waals surface area contributed by atoms with Crippen molar-refractivity contribution >= 4 is 23.5 Å². The van der Waals surface area contributed by atoms with Crippen LogP contribution < -0.4 is 0 Å². The van der Waals surface area contributed by atoms with Crippen molar-refractivity contribution in [3.63, 3.8) is 0 Å². The summed E-state index contributed by atoms with van der Waals surface area (Å²) in [6, 6.07) is 0. The highest BCUT2D eigenvalue weighted by atomic mass is 32.2. The fourth-order valence-electron chi connectivity index (χ4n) is 2.35. The van der Waals surface area contributed by atoms with Crippen LogP contribution in [0.5, 0.6) is 0 Å². The molecule has 2 heterocycles. The zero-order valence-corrected chi connectivity index (χ0v) is 13.6. The number of hydrogen-bond acceptors (Lipinski definition) is 4. The first-order valence-electron chi connectivity index (χ1n) is 7.46. The molecule has 0 aromatic rings. The van der Waals surface area contributed by atoms with Gasteiger partial charge in [0.05, 0.1) is 11.2 Å². The number of hydrogen-bond donors (Lipinski definition) is 0. The predicted molar refractivity (Wildman–Crippen MR) is 85.9 cm³/mol. The average Bonchev–Trinajstić information content (AvgIpc) is 2.46. The van der Waals surface area contributed by atoms with Gasteiger partial charge in [0.25, 0.3) is 0 Å². The minimum absolute atomic E-state index is 0.0620. The van der Waals surface area contributed by atoms with Crippen molar-refractivity contribution in [2.24, 2.45) is 0 Å². The third-order valence-electron chi connectivity index (χ3n) is 3.44. The molecule has 0 radical (unpaired) electrons. The van der Waals surface area contributed by atoms with Gasteiger partial charge in [-0.2, -0.15) is 0 Å². The molecular weight excluding hydrogens is 276 g/mol. The molecule has 2 rings (SSSR count). The number of allylic oxidation sites excluding steroid dienone is 1. The summed E-state index contributed by atoms with van der Waals surface area (Å²) in [5, 5.41) is 0. The molecule has 110 valence electrons. The second kappa shape index (κ2) is 9.32. The maximum Gasteiger partial charge on any atom is 0.157 e. The van der Waals surface area contributed by atoms with E-state index in [0.29, 0.717) is 0 Å². The van der Waals surface area contributed by atoms with E-state index < -0.39 is 0 Å². The van der Waals surface area contributed by atoms with E-state index in [1.165, 1.54) is 42.8 Å². The van der Waals surface area contributed by atoms with Crippen molar-refractivity contribution in [1.82, 2.24) is 0 Å². The largest absolute Gasteiger partial charge is 0.353 e. The Balaban J connectivity index is 1.55. The molecular formula is C15H26O2S2. The molecule has 0 aromatic heterocycles. The lowest BCUT2D eigenvalue weighted by atomic mass is 10.2. The van der Waals surface area contributed by atoms with Crippen LogP contribution in [0.4, 0.5) is 0 Å². The van der Waals surface area contributed by atoms with E-state index in [2.05, 4.69) is 36.5 Å². The van der Waals surface area contributed by atoms with E-state index in [4.69, 9.17) is 9.47 Å². The van der Waals surface area contributed by atoms with Crippen LogP contribution in [0.25, 0.3) is 0 Å². The van der Waals surface area contributed by atoms with Gasteiger partial charge in [0.15, 0.2) is 6.29 Å². The van der Waals surface area contributed by atoms with Crippen LogP contribution in [-0.2, 0) is 9.47 Å². The summed E-state index contributed by atoms with van der Waals surface area (Å²) >= 11 is 4.25. The summed E-state index contributed by atoms with van der Waals surface area (Å²) in [7, 11) is 0. The second-order valence-electron chi connectivity index (χ2n) is 5.23. The van der Waals surface area contributed by atoms with E-state index in [9.17, 15) is 0 Å². The zero-order valence-electron chi connectivity index (χ0n) is 11.9. The van der Waals surface area contributed by atoms with Crippen LogP contribution >= 0.6 is 23.5 Å². The van der Waals surface area contributed by atoms with E-state index in [1.807, 2.05) is 0 Å². The van der Waals surface area contributed by atoms with Gasteiger partial charge in [0, 0.05) is 6.61 Å². The molecule has 2 saturated heterocycles. The normalized spacial score (nSPS) is 26.6. The first-order valence-corrected chi connectivity index (χ1v) is 9.56. The quantitative estimate of drug-likeness (QED) is 0.532. The Labute approximate surface area is 126 Å². The Kier molecular flexibility index (Phi) is 7.73. The lowest BCUT2D eigenvalue weighted by Crippen LogP contribution is -2.22. The molecule has 0 bridgehead atoms. The number of ether oxygens (including phenoxy) is 2. The lowest BCUT2D eigenvalue weighted by Gasteiger charge is -2.22. The molecule has 1 atom stereocenters. The van der Waals surface area contributed by atoms with Gasteiger partial charge in [-0.3, -0.25) is 0 Å². The zero-order chi connectivity index (χ0) is 13.3. The summed E-state index contributed by atoms with van der Waals surface area (Å²) in [6.45, 7) is 3.93. The Morgan fingerprint density at radius 2 is 2.11 bits per heavy atom. The maximum absolute atomic E-state index is 5.75. The minimum Gasteiger partial charge on any atom is -0.353 e. The molecule has 4 heteroatoms. The molecule has 0 N–H and O–H groups in total. The van der Waals surface area contributed by atoms with Gasteiger partial charge in [-0.15, -0.1) is 23.5 Å². The van der Waals surface area contributed by atoms with Crippen LogP contribution in [0, 0.1) is 0 Å². The van der Waals surface area contributed by atoms with Crippen molar-refractivity contribution in [1.29, 1.82) is 0 Å². The second-order valence-corrected chi connectivity index (χ2v) is 8.15. The lowest BCUT2D eigenvalue weighted by molar-refractivity contribution is -0.161. The van der Waals surface area contributed by atoms with E-state index in [-0.39, 0.29) is 6.29 Å². The molecule has 19 heavy (non-hydrogen) atoms. The third kappa shape index (κ3) is 6.56. The van der Waals surface area contributed by atoms with Crippen molar-refractivity contribution in [2.75, 3.05) is 24.7 Å². The van der Waals surface area contributed by atoms with Gasteiger partial charge in [-0.05, 0) is 57.0 Å². The Hall–Kier alpha value is 0.360. The summed E-state index contributed by atoms with van der Waals surface area (Å²) in [4.78, 5) is 0. The van der Waals surface area contributed by atoms with Crippen LogP contribution in [0.15, 0.2) is 11.6 Å². The first-order chi connectivity index (χ1) is 9.34. The smallest absolute Gasteiger partial charge is 0.157 e. The fourth-order valence-corrected chi connectivity index (χ4v) is 5.40. The molecule has 2 aliphatic heterocycles. The molecule has 2 nitrogen and oxygen atoms in total. The highest BCUT2D eigenvalue weighted by molar-refractivity contribution is 8.17. The molecule has 2 fully saturated rings. The maximum atomic E-state index is 5.75. The van der Waals surface area contributed by atoms with Crippen molar-refractivity contribution in [2.45, 2.75) is 56.3 Å². The van der Waals surface area contributed by atoms with Gasteiger partial charge in [0.1, 0.15) is 0 Å². The summed E-state index contributed by atoms with van der Waals surface area (Å²) in [6.07, 6.45) is 9.54. The monoisotopic (exact) mass is 302 g/mol. The topological polar surface area (TPSA) is 18.5 Å². The molecule has 0 amide bonds. The number of rotatable bonds is 6. The fraction of sp³-hybridized carbons (Fsp3) is 0.867. The minimum atomic E-state index is 0.0620. The van der Waals surface area contributed by atoms with Crippen molar-refractivity contribution in [3.8, 4) is 0 Å². The van der Waals surface area contributed by atoms with E-state index in [0.717, 1.165) is 30.6 Å². The number of thioether (sulfide) groups is 2. The Morgan fingerprint density at radius 1 is 1.26 bits per heavy atom. The molecule has 0 spiro atoms. The third-order valence-corrected chi connectivity index (χ3v) is 6.38. The van der Waals surface area contributed by atoms with Gasteiger partial charge >= 0.3 is 0 Å². The SMILES string of the molecule is C/C(=C/CCOC1CCCCO1)CC1SCCCS1. The highest BCUT2D eigenvalue weighted by Crippen LogP contribution is 2.34. The van der Waals surface area contributed by atoms with Gasteiger partial charge in [0.2, 0.25) is 0 Å². The molecule has 1 unspecified atom stereocenters. The molecule has 0 saturated carbocycles. The van der Waals surface area contributed by atoms with Gasteiger partial charge in [-0.25, -0.2) is 0 Å². The van der Waals surface area contributed by atoms with Crippen molar-refractivity contribution < 1.29 is 9.47 Å². The Morgan fingerprint density at radius 3 is 2.84 bits per heavy atom. The van der Waals surface area contributed by atoms with Crippen LogP contribution in [0.2, 0.25) is 0 Å². The van der Waals surface area contributed by atoms with Crippen LogP contribution in [0.3, 0.4) is 0 Å². The molecule has 2 aliphatic rings. The standard InChI is InChI=1S/C15H26O2S2/c1-13(12-15-18-10-5-11-19-15)6-4-9-17-14-7-2-3-8-16-14/h6,14-15H,2-5,7-12H2,1H3/b13-6-. The molecule has 0 aliphatic carbocycles. The summed E-state index contributed by atoms with van der Waals surface area (Å²) in [5.41, 5.74) is 1.51. The van der Waals surface area contributed by atoms with Crippen LogP contribution in [-0.4, -0.2) is 35.6 Å².